The van der Waals surface area contributed by atoms with Crippen molar-refractivity contribution in [2.75, 3.05) is 24.3 Å². The number of nitrogens with one attached hydrogen (secondary N) is 1. The van der Waals surface area contributed by atoms with Gasteiger partial charge >= 0.3 is 0 Å². The van der Waals surface area contributed by atoms with Crippen LogP contribution in [-0.4, -0.2) is 24.1 Å². The zero-order chi connectivity index (χ0) is 16.1. The number of benzene rings is 2. The molecule has 3 aromatic rings. The number of nitrogens with zero attached hydrogens (tertiary/aromatic N) is 3. The van der Waals surface area contributed by atoms with Gasteiger partial charge in [0.1, 0.15) is 29.5 Å². The van der Waals surface area contributed by atoms with Crippen LogP contribution in [0.4, 0.5) is 17.3 Å². The lowest BCUT2D eigenvalue weighted by Crippen LogP contribution is -2.11. The van der Waals surface area contributed by atoms with Crippen LogP contribution in [0.25, 0.3) is 0 Å². The zero-order valence-electron chi connectivity index (χ0n) is 13.1. The number of aromatic nitrogens is 2. The smallest absolute Gasteiger partial charge is 0.135 e. The third-order valence-electron chi connectivity index (χ3n) is 3.22. The molecule has 0 aliphatic heterocycles. The minimum Gasteiger partial charge on any atom is -0.457 e. The van der Waals surface area contributed by atoms with Gasteiger partial charge in [0.05, 0.1) is 0 Å². The summed E-state index contributed by atoms with van der Waals surface area (Å²) in [6.45, 7) is 0. The van der Waals surface area contributed by atoms with Gasteiger partial charge in [0, 0.05) is 25.8 Å². The van der Waals surface area contributed by atoms with Crippen LogP contribution in [0.2, 0.25) is 0 Å². The van der Waals surface area contributed by atoms with Gasteiger partial charge < -0.3 is 15.0 Å². The fourth-order valence-electron chi connectivity index (χ4n) is 2.04. The Morgan fingerprint density at radius 1 is 0.870 bits per heavy atom. The summed E-state index contributed by atoms with van der Waals surface area (Å²) in [5.74, 6) is 3.21. The van der Waals surface area contributed by atoms with Gasteiger partial charge in [0.25, 0.3) is 0 Å². The average molecular weight is 306 g/mol. The van der Waals surface area contributed by atoms with Crippen LogP contribution in [-0.2, 0) is 0 Å². The Kier molecular flexibility index (Phi) is 4.38. The van der Waals surface area contributed by atoms with Crippen LogP contribution >= 0.6 is 0 Å². The van der Waals surface area contributed by atoms with E-state index in [1.54, 1.807) is 6.33 Å². The van der Waals surface area contributed by atoms with E-state index in [-0.39, 0.29) is 0 Å². The maximum atomic E-state index is 5.77. The summed E-state index contributed by atoms with van der Waals surface area (Å²) in [6, 6.07) is 19.4. The molecule has 0 spiro atoms. The molecule has 1 aromatic heterocycles. The maximum Gasteiger partial charge on any atom is 0.135 e. The van der Waals surface area contributed by atoms with Gasteiger partial charge in [-0.05, 0) is 36.4 Å². The molecule has 1 heterocycles. The Labute approximate surface area is 135 Å². The highest BCUT2D eigenvalue weighted by atomic mass is 16.5. The summed E-state index contributed by atoms with van der Waals surface area (Å²) >= 11 is 0. The second-order valence-electron chi connectivity index (χ2n) is 5.22. The fourth-order valence-corrected chi connectivity index (χ4v) is 2.04. The van der Waals surface area contributed by atoms with Crippen LogP contribution < -0.4 is 15.0 Å². The third kappa shape index (κ3) is 3.97. The SMILES string of the molecule is CN(C)c1cc(Nc2ccc(Oc3ccccc3)cc2)ncn1. The molecular formula is C18H18N4O. The van der Waals surface area contributed by atoms with E-state index in [1.807, 2.05) is 79.7 Å². The minimum atomic E-state index is 0.750. The summed E-state index contributed by atoms with van der Waals surface area (Å²) in [5.41, 5.74) is 0.939. The third-order valence-corrected chi connectivity index (χ3v) is 3.22. The predicted molar refractivity (Wildman–Crippen MR) is 92.6 cm³/mol. The minimum absolute atomic E-state index is 0.750. The summed E-state index contributed by atoms with van der Waals surface area (Å²) in [4.78, 5) is 10.4. The van der Waals surface area contributed by atoms with E-state index in [2.05, 4.69) is 15.3 Å². The average Bonchev–Trinajstić information content (AvgIpc) is 2.58. The van der Waals surface area contributed by atoms with Gasteiger partial charge in [-0.1, -0.05) is 18.2 Å². The Bertz CT molecular complexity index is 757. The van der Waals surface area contributed by atoms with E-state index in [9.17, 15) is 0 Å². The van der Waals surface area contributed by atoms with E-state index in [4.69, 9.17) is 4.74 Å². The standard InChI is InChI=1S/C18H18N4O/c1-22(2)18-12-17(19-13-20-18)21-14-8-10-16(11-9-14)23-15-6-4-3-5-7-15/h3-13H,1-2H3,(H,19,20,21). The lowest BCUT2D eigenvalue weighted by molar-refractivity contribution is 0.483. The van der Waals surface area contributed by atoms with E-state index >= 15 is 0 Å². The molecule has 0 aliphatic carbocycles. The number of hydrogen-bond acceptors (Lipinski definition) is 5. The summed E-state index contributed by atoms with van der Waals surface area (Å²) in [7, 11) is 3.89. The van der Waals surface area contributed by atoms with E-state index in [0.29, 0.717) is 0 Å². The van der Waals surface area contributed by atoms with Gasteiger partial charge in [-0.25, -0.2) is 9.97 Å². The van der Waals surface area contributed by atoms with Crippen molar-refractivity contribution < 1.29 is 4.74 Å². The van der Waals surface area contributed by atoms with Crippen molar-refractivity contribution in [3.05, 3.63) is 67.0 Å². The highest BCUT2D eigenvalue weighted by Crippen LogP contribution is 2.24. The molecule has 0 saturated carbocycles. The predicted octanol–water partition coefficient (Wildman–Crippen LogP) is 4.08. The van der Waals surface area contributed by atoms with Crippen LogP contribution in [0.5, 0.6) is 11.5 Å². The highest BCUT2D eigenvalue weighted by molar-refractivity contribution is 5.59. The van der Waals surface area contributed by atoms with Crippen molar-refractivity contribution in [3.8, 4) is 11.5 Å². The second-order valence-corrected chi connectivity index (χ2v) is 5.22. The van der Waals surface area contributed by atoms with Crippen LogP contribution in [0, 0.1) is 0 Å². The first-order chi connectivity index (χ1) is 11.2. The number of ether oxygens (including phenoxy) is 1. The van der Waals surface area contributed by atoms with Crippen molar-refractivity contribution in [3.63, 3.8) is 0 Å². The van der Waals surface area contributed by atoms with Gasteiger partial charge in [0.2, 0.25) is 0 Å². The van der Waals surface area contributed by atoms with Crippen molar-refractivity contribution in [2.45, 2.75) is 0 Å². The first-order valence-corrected chi connectivity index (χ1v) is 7.30. The number of para-hydroxylation sites is 1. The molecule has 0 aliphatic rings. The van der Waals surface area contributed by atoms with Gasteiger partial charge in [-0.3, -0.25) is 0 Å². The Morgan fingerprint density at radius 2 is 1.57 bits per heavy atom. The molecule has 0 bridgehead atoms. The first kappa shape index (κ1) is 14.8. The Morgan fingerprint density at radius 3 is 2.26 bits per heavy atom. The number of hydrogen-bond donors (Lipinski definition) is 1. The molecule has 1 N–H and O–H groups in total. The van der Waals surface area contributed by atoms with E-state index in [0.717, 1.165) is 28.8 Å². The summed E-state index contributed by atoms with van der Waals surface area (Å²) < 4.78 is 5.77. The highest BCUT2D eigenvalue weighted by Gasteiger charge is 2.02. The molecule has 23 heavy (non-hydrogen) atoms. The molecule has 116 valence electrons. The maximum absolute atomic E-state index is 5.77. The molecule has 5 heteroatoms. The van der Waals surface area contributed by atoms with Crippen LogP contribution in [0.1, 0.15) is 0 Å². The lowest BCUT2D eigenvalue weighted by Gasteiger charge is -2.12. The molecule has 0 saturated heterocycles. The lowest BCUT2D eigenvalue weighted by atomic mass is 10.3. The Balaban J connectivity index is 1.69. The molecule has 2 aromatic carbocycles. The van der Waals surface area contributed by atoms with Crippen molar-refractivity contribution >= 4 is 17.3 Å². The molecule has 3 rings (SSSR count). The van der Waals surface area contributed by atoms with Crippen molar-refractivity contribution in [1.82, 2.24) is 9.97 Å². The van der Waals surface area contributed by atoms with Gasteiger partial charge in [-0.2, -0.15) is 0 Å². The summed E-state index contributed by atoms with van der Waals surface area (Å²) in [5, 5.41) is 3.26. The van der Waals surface area contributed by atoms with Crippen molar-refractivity contribution in [2.24, 2.45) is 0 Å². The topological polar surface area (TPSA) is 50.3 Å². The fraction of sp³-hybridized carbons (Fsp3) is 0.111. The van der Waals surface area contributed by atoms with Crippen LogP contribution in [0.15, 0.2) is 67.0 Å². The molecule has 0 unspecified atom stereocenters. The monoisotopic (exact) mass is 306 g/mol. The molecule has 5 nitrogen and oxygen atoms in total. The first-order valence-electron chi connectivity index (χ1n) is 7.30. The Hall–Kier alpha value is -3.08. The molecule has 0 radical (unpaired) electrons. The van der Waals surface area contributed by atoms with Gasteiger partial charge in [0.15, 0.2) is 0 Å². The zero-order valence-corrected chi connectivity index (χ0v) is 13.1. The van der Waals surface area contributed by atoms with E-state index in [1.165, 1.54) is 0 Å². The summed E-state index contributed by atoms with van der Waals surface area (Å²) in [6.07, 6.45) is 1.55. The van der Waals surface area contributed by atoms with Crippen LogP contribution in [0.3, 0.4) is 0 Å². The van der Waals surface area contributed by atoms with Crippen molar-refractivity contribution in [1.29, 1.82) is 0 Å². The number of anilines is 3. The molecule has 0 amide bonds. The molecular weight excluding hydrogens is 288 g/mol. The second kappa shape index (κ2) is 6.79. The molecule has 0 atom stereocenters. The number of rotatable bonds is 5. The molecule has 0 fully saturated rings. The normalized spacial score (nSPS) is 10.2. The quantitative estimate of drug-likeness (QED) is 0.769. The van der Waals surface area contributed by atoms with E-state index < -0.39 is 0 Å². The van der Waals surface area contributed by atoms with Gasteiger partial charge in [-0.15, -0.1) is 0 Å². The largest absolute Gasteiger partial charge is 0.457 e.